The monoisotopic (exact) mass is 287 g/mol. The molecule has 1 N–H and O–H groups in total. The SMILES string of the molecule is CCn1nc(C)c(S(=O)(=O)Nc2nncs2)c1C. The van der Waals surface area contributed by atoms with Crippen molar-refractivity contribution in [2.45, 2.75) is 32.2 Å². The number of hydrogen-bond acceptors (Lipinski definition) is 6. The number of aryl methyl sites for hydroxylation is 2. The van der Waals surface area contributed by atoms with Crippen molar-refractivity contribution in [3.05, 3.63) is 16.9 Å². The van der Waals surface area contributed by atoms with E-state index in [-0.39, 0.29) is 10.0 Å². The van der Waals surface area contributed by atoms with Crippen LogP contribution in [0.4, 0.5) is 5.13 Å². The topological polar surface area (TPSA) is 89.8 Å². The largest absolute Gasteiger partial charge is 0.268 e. The van der Waals surface area contributed by atoms with Crippen molar-refractivity contribution >= 4 is 26.5 Å². The Balaban J connectivity index is 2.44. The summed E-state index contributed by atoms with van der Waals surface area (Å²) in [6.45, 7) is 5.95. The summed E-state index contributed by atoms with van der Waals surface area (Å²) >= 11 is 1.13. The summed E-state index contributed by atoms with van der Waals surface area (Å²) < 4.78 is 28.5. The van der Waals surface area contributed by atoms with Gasteiger partial charge in [-0.15, -0.1) is 10.2 Å². The molecule has 7 nitrogen and oxygen atoms in total. The van der Waals surface area contributed by atoms with Gasteiger partial charge in [0.2, 0.25) is 5.13 Å². The van der Waals surface area contributed by atoms with Gasteiger partial charge in [-0.25, -0.2) is 8.42 Å². The number of nitrogens with zero attached hydrogens (tertiary/aromatic N) is 4. The van der Waals surface area contributed by atoms with Crippen LogP contribution in [0.5, 0.6) is 0 Å². The van der Waals surface area contributed by atoms with E-state index in [1.54, 1.807) is 18.5 Å². The van der Waals surface area contributed by atoms with Crippen LogP contribution >= 0.6 is 11.3 Å². The summed E-state index contributed by atoms with van der Waals surface area (Å²) in [5.74, 6) is 0. The quantitative estimate of drug-likeness (QED) is 0.911. The highest BCUT2D eigenvalue weighted by atomic mass is 32.2. The van der Waals surface area contributed by atoms with Crippen molar-refractivity contribution in [1.29, 1.82) is 0 Å². The molecular weight excluding hydrogens is 274 g/mol. The molecule has 0 aliphatic heterocycles. The van der Waals surface area contributed by atoms with Crippen LogP contribution in [-0.4, -0.2) is 28.4 Å². The Labute approximate surface area is 109 Å². The van der Waals surface area contributed by atoms with Crippen LogP contribution in [0.25, 0.3) is 0 Å². The van der Waals surface area contributed by atoms with E-state index in [4.69, 9.17) is 0 Å². The second-order valence-electron chi connectivity index (χ2n) is 3.67. The lowest BCUT2D eigenvalue weighted by Gasteiger charge is -2.05. The molecule has 0 unspecified atom stereocenters. The van der Waals surface area contributed by atoms with E-state index < -0.39 is 10.0 Å². The molecule has 0 saturated heterocycles. The van der Waals surface area contributed by atoms with Gasteiger partial charge in [0.05, 0.1) is 11.4 Å². The fourth-order valence-electron chi connectivity index (χ4n) is 1.76. The maximum atomic E-state index is 12.2. The van der Waals surface area contributed by atoms with Crippen LogP contribution in [0.1, 0.15) is 18.3 Å². The number of anilines is 1. The van der Waals surface area contributed by atoms with Crippen molar-refractivity contribution in [1.82, 2.24) is 20.0 Å². The Kier molecular flexibility index (Phi) is 3.35. The Morgan fingerprint density at radius 2 is 2.17 bits per heavy atom. The summed E-state index contributed by atoms with van der Waals surface area (Å²) in [5.41, 5.74) is 2.56. The van der Waals surface area contributed by atoms with Gasteiger partial charge in [0.15, 0.2) is 0 Å². The lowest BCUT2D eigenvalue weighted by Crippen LogP contribution is -2.15. The van der Waals surface area contributed by atoms with E-state index in [0.29, 0.717) is 17.9 Å². The Bertz CT molecular complexity index is 645. The third-order valence-corrected chi connectivity index (χ3v) is 4.79. The van der Waals surface area contributed by atoms with Gasteiger partial charge in [0, 0.05) is 6.54 Å². The van der Waals surface area contributed by atoms with Gasteiger partial charge in [0.25, 0.3) is 10.0 Å². The molecule has 98 valence electrons. The Hall–Kier alpha value is -1.48. The minimum Gasteiger partial charge on any atom is -0.268 e. The fourth-order valence-corrected chi connectivity index (χ4v) is 3.87. The van der Waals surface area contributed by atoms with E-state index in [1.165, 1.54) is 5.51 Å². The van der Waals surface area contributed by atoms with E-state index in [2.05, 4.69) is 20.0 Å². The van der Waals surface area contributed by atoms with Gasteiger partial charge >= 0.3 is 0 Å². The molecule has 0 bridgehead atoms. The molecule has 18 heavy (non-hydrogen) atoms. The Morgan fingerprint density at radius 3 is 2.67 bits per heavy atom. The van der Waals surface area contributed by atoms with Crippen molar-refractivity contribution in [3.63, 3.8) is 0 Å². The highest BCUT2D eigenvalue weighted by molar-refractivity contribution is 7.93. The lowest BCUT2D eigenvalue weighted by molar-refractivity contribution is 0.598. The lowest BCUT2D eigenvalue weighted by atomic mass is 10.4. The maximum absolute atomic E-state index is 12.2. The average Bonchev–Trinajstić information content (AvgIpc) is 2.86. The first-order valence-electron chi connectivity index (χ1n) is 5.28. The van der Waals surface area contributed by atoms with Crippen LogP contribution in [0, 0.1) is 13.8 Å². The van der Waals surface area contributed by atoms with Crippen LogP contribution in [0.2, 0.25) is 0 Å². The van der Waals surface area contributed by atoms with Crippen LogP contribution < -0.4 is 4.72 Å². The summed E-state index contributed by atoms with van der Waals surface area (Å²) in [6.07, 6.45) is 0. The summed E-state index contributed by atoms with van der Waals surface area (Å²) in [4.78, 5) is 0.208. The first-order valence-corrected chi connectivity index (χ1v) is 7.65. The molecule has 2 heterocycles. The minimum absolute atomic E-state index is 0.208. The normalized spacial score (nSPS) is 11.7. The van der Waals surface area contributed by atoms with E-state index in [0.717, 1.165) is 11.3 Å². The fraction of sp³-hybridized carbons (Fsp3) is 0.444. The molecule has 0 atom stereocenters. The van der Waals surface area contributed by atoms with Crippen molar-refractivity contribution in [2.75, 3.05) is 4.72 Å². The predicted molar refractivity (Wildman–Crippen MR) is 68.1 cm³/mol. The molecule has 0 spiro atoms. The highest BCUT2D eigenvalue weighted by Gasteiger charge is 2.25. The van der Waals surface area contributed by atoms with Crippen LogP contribution in [0.3, 0.4) is 0 Å². The van der Waals surface area contributed by atoms with Crippen LogP contribution in [0.15, 0.2) is 10.4 Å². The summed E-state index contributed by atoms with van der Waals surface area (Å²) in [7, 11) is -3.66. The molecular formula is C9H13N5O2S2. The third kappa shape index (κ3) is 2.23. The Morgan fingerprint density at radius 1 is 1.44 bits per heavy atom. The molecule has 9 heteroatoms. The van der Waals surface area contributed by atoms with Gasteiger partial charge in [-0.05, 0) is 20.8 Å². The number of aromatic nitrogens is 4. The van der Waals surface area contributed by atoms with Gasteiger partial charge in [-0.1, -0.05) is 11.3 Å². The number of hydrogen-bond donors (Lipinski definition) is 1. The molecule has 0 aliphatic rings. The molecule has 0 aliphatic carbocycles. The number of rotatable bonds is 4. The van der Waals surface area contributed by atoms with E-state index >= 15 is 0 Å². The molecule has 0 saturated carbocycles. The highest BCUT2D eigenvalue weighted by Crippen LogP contribution is 2.22. The first kappa shape index (κ1) is 13.0. The molecule has 2 aromatic rings. The molecule has 0 radical (unpaired) electrons. The maximum Gasteiger partial charge on any atom is 0.267 e. The second-order valence-corrected chi connectivity index (χ2v) is 6.12. The zero-order valence-electron chi connectivity index (χ0n) is 10.2. The second kappa shape index (κ2) is 4.65. The molecule has 0 aromatic carbocycles. The molecule has 0 amide bonds. The molecule has 2 aromatic heterocycles. The number of nitrogens with one attached hydrogen (secondary N) is 1. The van der Waals surface area contributed by atoms with Crippen molar-refractivity contribution in [3.8, 4) is 0 Å². The smallest absolute Gasteiger partial charge is 0.267 e. The zero-order valence-corrected chi connectivity index (χ0v) is 11.8. The number of sulfonamides is 1. The minimum atomic E-state index is -3.66. The van der Waals surface area contributed by atoms with Gasteiger partial charge in [-0.3, -0.25) is 9.40 Å². The standard InChI is InChI=1S/C9H13N5O2S2/c1-4-14-7(3)8(6(2)12-14)18(15,16)13-9-11-10-5-17-9/h5H,4H2,1-3H3,(H,11,13). The average molecular weight is 287 g/mol. The van der Waals surface area contributed by atoms with Gasteiger partial charge < -0.3 is 0 Å². The van der Waals surface area contributed by atoms with Gasteiger partial charge in [-0.2, -0.15) is 5.10 Å². The van der Waals surface area contributed by atoms with E-state index in [9.17, 15) is 8.42 Å². The predicted octanol–water partition coefficient (Wildman–Crippen LogP) is 1.17. The summed E-state index contributed by atoms with van der Waals surface area (Å²) in [5, 5.41) is 11.7. The summed E-state index contributed by atoms with van der Waals surface area (Å²) in [6, 6.07) is 0. The molecule has 2 rings (SSSR count). The van der Waals surface area contributed by atoms with E-state index in [1.807, 2.05) is 6.92 Å². The first-order chi connectivity index (χ1) is 8.45. The van der Waals surface area contributed by atoms with Crippen molar-refractivity contribution < 1.29 is 8.42 Å². The molecule has 0 fully saturated rings. The van der Waals surface area contributed by atoms with Crippen molar-refractivity contribution in [2.24, 2.45) is 0 Å². The zero-order chi connectivity index (χ0) is 13.3. The van der Waals surface area contributed by atoms with Gasteiger partial charge in [0.1, 0.15) is 10.4 Å². The van der Waals surface area contributed by atoms with Crippen LogP contribution in [-0.2, 0) is 16.6 Å². The third-order valence-electron chi connectivity index (χ3n) is 2.47.